The number of nitrogen functional groups attached to an aromatic ring is 1. The number of rotatable bonds is 1. The van der Waals surface area contributed by atoms with Gasteiger partial charge < -0.3 is 5.73 Å². The normalized spacial score (nSPS) is 10.4. The Kier molecular flexibility index (Phi) is 3.02. The van der Waals surface area contributed by atoms with Crippen molar-refractivity contribution in [3.63, 3.8) is 0 Å². The van der Waals surface area contributed by atoms with E-state index in [4.69, 9.17) is 17.3 Å². The molecule has 2 rings (SSSR count). The van der Waals surface area contributed by atoms with Gasteiger partial charge in [0.25, 0.3) is 0 Å². The van der Waals surface area contributed by atoms with Crippen LogP contribution in [-0.4, -0.2) is 15.0 Å². The molecule has 0 radical (unpaired) electrons. The minimum atomic E-state index is -0.462. The van der Waals surface area contributed by atoms with Crippen molar-refractivity contribution in [3.05, 3.63) is 33.8 Å². The molecule has 16 heavy (non-hydrogen) atoms. The van der Waals surface area contributed by atoms with Gasteiger partial charge in [-0.25, -0.2) is 4.39 Å². The van der Waals surface area contributed by atoms with Gasteiger partial charge in [0.1, 0.15) is 5.82 Å². The first-order valence-corrected chi connectivity index (χ1v) is 5.36. The lowest BCUT2D eigenvalue weighted by atomic mass is 10.2. The molecule has 0 amide bonds. The van der Waals surface area contributed by atoms with E-state index in [1.807, 2.05) is 0 Å². The number of halogens is 3. The van der Waals surface area contributed by atoms with E-state index in [1.54, 1.807) is 6.07 Å². The Morgan fingerprint density at radius 2 is 2.00 bits per heavy atom. The second-order valence-electron chi connectivity index (χ2n) is 2.91. The van der Waals surface area contributed by atoms with Gasteiger partial charge in [-0.1, -0.05) is 15.9 Å². The Morgan fingerprint density at radius 3 is 2.62 bits per heavy atom. The first kappa shape index (κ1) is 11.2. The van der Waals surface area contributed by atoms with Crippen molar-refractivity contribution in [2.24, 2.45) is 0 Å². The molecule has 0 aliphatic rings. The molecule has 0 saturated carbocycles. The number of anilines is 1. The predicted molar refractivity (Wildman–Crippen MR) is 62.3 cm³/mol. The largest absolute Gasteiger partial charge is 0.368 e. The predicted octanol–water partition coefficient (Wildman–Crippen LogP) is 2.68. The first-order valence-electron chi connectivity index (χ1n) is 4.19. The molecular weight excluding hydrogens is 298 g/mol. The highest BCUT2D eigenvalue weighted by molar-refractivity contribution is 9.10. The molecule has 0 atom stereocenters. The molecule has 0 aliphatic carbocycles. The summed E-state index contributed by atoms with van der Waals surface area (Å²) in [4.78, 5) is 11.2. The summed E-state index contributed by atoms with van der Waals surface area (Å²) >= 11 is 8.76. The third kappa shape index (κ3) is 2.28. The summed E-state index contributed by atoms with van der Waals surface area (Å²) in [5.41, 5.74) is 5.62. The van der Waals surface area contributed by atoms with E-state index in [9.17, 15) is 4.39 Å². The van der Waals surface area contributed by atoms with Crippen LogP contribution >= 0.6 is 27.5 Å². The minimum Gasteiger partial charge on any atom is -0.368 e. The Morgan fingerprint density at radius 1 is 1.25 bits per heavy atom. The Labute approximate surface area is 104 Å². The zero-order valence-corrected chi connectivity index (χ0v) is 10.1. The van der Waals surface area contributed by atoms with Gasteiger partial charge in [-0.2, -0.15) is 15.0 Å². The van der Waals surface area contributed by atoms with Crippen molar-refractivity contribution < 1.29 is 4.39 Å². The maximum Gasteiger partial charge on any atom is 0.227 e. The molecule has 82 valence electrons. The lowest BCUT2D eigenvalue weighted by molar-refractivity contribution is 0.629. The van der Waals surface area contributed by atoms with E-state index in [-0.39, 0.29) is 22.6 Å². The highest BCUT2D eigenvalue weighted by Gasteiger charge is 2.10. The van der Waals surface area contributed by atoms with E-state index in [0.29, 0.717) is 4.47 Å². The van der Waals surface area contributed by atoms with Crippen molar-refractivity contribution in [1.29, 1.82) is 0 Å². The number of nitrogens with two attached hydrogens (primary N) is 1. The quantitative estimate of drug-likeness (QED) is 0.879. The third-order valence-electron chi connectivity index (χ3n) is 1.80. The maximum atomic E-state index is 13.6. The van der Waals surface area contributed by atoms with Crippen molar-refractivity contribution in [2.45, 2.75) is 0 Å². The van der Waals surface area contributed by atoms with Gasteiger partial charge in [-0.05, 0) is 29.8 Å². The van der Waals surface area contributed by atoms with Gasteiger partial charge in [0, 0.05) is 4.47 Å². The van der Waals surface area contributed by atoms with E-state index >= 15 is 0 Å². The van der Waals surface area contributed by atoms with E-state index in [1.165, 1.54) is 12.1 Å². The zero-order valence-electron chi connectivity index (χ0n) is 7.78. The van der Waals surface area contributed by atoms with Gasteiger partial charge in [0.2, 0.25) is 11.2 Å². The van der Waals surface area contributed by atoms with E-state index in [2.05, 4.69) is 30.9 Å². The van der Waals surface area contributed by atoms with Gasteiger partial charge in [0.15, 0.2) is 5.82 Å². The van der Waals surface area contributed by atoms with Crippen LogP contribution in [0.25, 0.3) is 11.4 Å². The Hall–Kier alpha value is -1.27. The average molecular weight is 304 g/mol. The molecule has 2 N–H and O–H groups in total. The smallest absolute Gasteiger partial charge is 0.227 e. The first-order chi connectivity index (χ1) is 7.56. The number of benzene rings is 1. The number of hydrogen-bond donors (Lipinski definition) is 1. The SMILES string of the molecule is Nc1nc(Cl)nc(-c2ccc(Br)cc2F)n1. The lowest BCUT2D eigenvalue weighted by Gasteiger charge is -2.03. The van der Waals surface area contributed by atoms with Gasteiger partial charge in [-0.3, -0.25) is 0 Å². The maximum absolute atomic E-state index is 13.6. The molecule has 0 fully saturated rings. The monoisotopic (exact) mass is 302 g/mol. The van der Waals surface area contributed by atoms with E-state index < -0.39 is 5.82 Å². The number of aromatic nitrogens is 3. The molecule has 0 bridgehead atoms. The fraction of sp³-hybridized carbons (Fsp3) is 0. The highest BCUT2D eigenvalue weighted by atomic mass is 79.9. The minimum absolute atomic E-state index is 0.0441. The van der Waals surface area contributed by atoms with Crippen LogP contribution in [0.5, 0.6) is 0 Å². The van der Waals surface area contributed by atoms with Crippen LogP contribution in [0, 0.1) is 5.82 Å². The molecule has 2 aromatic rings. The van der Waals surface area contributed by atoms with Gasteiger partial charge in [0.05, 0.1) is 5.56 Å². The van der Waals surface area contributed by atoms with Crippen LogP contribution in [0.4, 0.5) is 10.3 Å². The standard InChI is InChI=1S/C9H5BrClFN4/c10-4-1-2-5(6(12)3-4)7-14-8(11)16-9(13)15-7/h1-3H,(H2,13,14,15,16). The molecular formula is C9H5BrClFN4. The second kappa shape index (κ2) is 4.31. The van der Waals surface area contributed by atoms with Crippen LogP contribution in [0.2, 0.25) is 5.28 Å². The van der Waals surface area contributed by atoms with Crippen LogP contribution < -0.4 is 5.73 Å². The number of hydrogen-bond acceptors (Lipinski definition) is 4. The van der Waals surface area contributed by atoms with Crippen molar-refractivity contribution in [1.82, 2.24) is 15.0 Å². The summed E-state index contributed by atoms with van der Waals surface area (Å²) in [6.45, 7) is 0. The topological polar surface area (TPSA) is 64.7 Å². The summed E-state index contributed by atoms with van der Waals surface area (Å²) < 4.78 is 14.2. The lowest BCUT2D eigenvalue weighted by Crippen LogP contribution is -2.00. The summed E-state index contributed by atoms with van der Waals surface area (Å²) in [7, 11) is 0. The highest BCUT2D eigenvalue weighted by Crippen LogP contribution is 2.23. The zero-order chi connectivity index (χ0) is 11.7. The van der Waals surface area contributed by atoms with Crippen molar-refractivity contribution in [3.8, 4) is 11.4 Å². The summed E-state index contributed by atoms with van der Waals surface area (Å²) in [5.74, 6) is -0.393. The van der Waals surface area contributed by atoms with Crippen molar-refractivity contribution in [2.75, 3.05) is 5.73 Å². The summed E-state index contributed by atoms with van der Waals surface area (Å²) in [5, 5.41) is -0.0650. The molecule has 0 unspecified atom stereocenters. The third-order valence-corrected chi connectivity index (χ3v) is 2.46. The van der Waals surface area contributed by atoms with E-state index in [0.717, 1.165) is 0 Å². The molecule has 0 saturated heterocycles. The molecule has 1 heterocycles. The fourth-order valence-electron chi connectivity index (χ4n) is 1.16. The second-order valence-corrected chi connectivity index (χ2v) is 4.16. The van der Waals surface area contributed by atoms with Crippen molar-refractivity contribution >= 4 is 33.5 Å². The summed E-state index contributed by atoms with van der Waals surface area (Å²) in [6, 6.07) is 4.51. The van der Waals surface area contributed by atoms with Gasteiger partial charge >= 0.3 is 0 Å². The van der Waals surface area contributed by atoms with Gasteiger partial charge in [-0.15, -0.1) is 0 Å². The molecule has 0 aliphatic heterocycles. The molecule has 7 heteroatoms. The van der Waals surface area contributed by atoms with Crippen LogP contribution in [0.3, 0.4) is 0 Å². The number of nitrogens with zero attached hydrogens (tertiary/aromatic N) is 3. The average Bonchev–Trinajstić information content (AvgIpc) is 2.15. The van der Waals surface area contributed by atoms with Crippen LogP contribution in [-0.2, 0) is 0 Å². The molecule has 4 nitrogen and oxygen atoms in total. The Bertz CT molecular complexity index is 529. The molecule has 0 spiro atoms. The fourth-order valence-corrected chi connectivity index (χ4v) is 1.66. The molecule has 1 aromatic heterocycles. The summed E-state index contributed by atoms with van der Waals surface area (Å²) in [6.07, 6.45) is 0. The van der Waals surface area contributed by atoms with Crippen LogP contribution in [0.15, 0.2) is 22.7 Å². The molecule has 1 aromatic carbocycles. The Balaban J connectivity index is 2.58. The van der Waals surface area contributed by atoms with Crippen LogP contribution in [0.1, 0.15) is 0 Å².